The minimum absolute atomic E-state index is 0.0229. The van der Waals surface area contributed by atoms with Crippen molar-refractivity contribution in [1.82, 2.24) is 5.32 Å². The number of carbonyl (C=O) groups is 2. The number of esters is 1. The third-order valence-corrected chi connectivity index (χ3v) is 13.9. The van der Waals surface area contributed by atoms with Gasteiger partial charge in [-0.15, -0.1) is 0 Å². The van der Waals surface area contributed by atoms with Crippen LogP contribution in [0.4, 0.5) is 0 Å². The van der Waals surface area contributed by atoms with Crippen LogP contribution in [0.2, 0.25) is 0 Å². The van der Waals surface area contributed by atoms with Crippen molar-refractivity contribution in [1.29, 1.82) is 0 Å². The van der Waals surface area contributed by atoms with E-state index in [0.717, 1.165) is 89.9 Å². The van der Waals surface area contributed by atoms with Crippen LogP contribution in [0.15, 0.2) is 48.6 Å². The molecule has 0 saturated carbocycles. The second-order valence-corrected chi connectivity index (χ2v) is 20.7. The predicted octanol–water partition coefficient (Wildman–Crippen LogP) is 19.0. The van der Waals surface area contributed by atoms with Gasteiger partial charge in [-0.2, -0.15) is 0 Å². The molecule has 0 spiro atoms. The summed E-state index contributed by atoms with van der Waals surface area (Å²) >= 11 is 0. The largest absolute Gasteiger partial charge is 0.466 e. The van der Waals surface area contributed by atoms with Gasteiger partial charge in [0.15, 0.2) is 0 Å². The second kappa shape index (κ2) is 58.4. The van der Waals surface area contributed by atoms with Gasteiger partial charge in [-0.25, -0.2) is 0 Å². The summed E-state index contributed by atoms with van der Waals surface area (Å²) in [6.45, 7) is 4.90. The van der Waals surface area contributed by atoms with E-state index in [4.69, 9.17) is 4.74 Å². The Kier molecular flexibility index (Phi) is 56.5. The molecule has 0 aromatic carbocycles. The zero-order valence-electron chi connectivity index (χ0n) is 46.0. The summed E-state index contributed by atoms with van der Waals surface area (Å²) in [5.74, 6) is -0.0732. The van der Waals surface area contributed by atoms with Crippen molar-refractivity contribution in [2.24, 2.45) is 0 Å². The fourth-order valence-electron chi connectivity index (χ4n) is 9.17. The molecule has 0 aliphatic heterocycles. The minimum Gasteiger partial charge on any atom is -0.466 e. The summed E-state index contributed by atoms with van der Waals surface area (Å²) in [5, 5.41) is 23.3. The first-order chi connectivity index (χ1) is 34.0. The summed E-state index contributed by atoms with van der Waals surface area (Å²) in [6, 6.07) is -0.555. The van der Waals surface area contributed by atoms with E-state index in [-0.39, 0.29) is 18.5 Å². The number of aliphatic hydroxyl groups excluding tert-OH is 2. The quantitative estimate of drug-likeness (QED) is 0.0321. The first-order valence-corrected chi connectivity index (χ1v) is 30.4. The zero-order valence-corrected chi connectivity index (χ0v) is 46.0. The molecule has 6 heteroatoms. The van der Waals surface area contributed by atoms with E-state index in [1.165, 1.54) is 193 Å². The van der Waals surface area contributed by atoms with Gasteiger partial charge in [0.25, 0.3) is 0 Å². The van der Waals surface area contributed by atoms with Gasteiger partial charge in [-0.05, 0) is 96.3 Å². The standard InChI is InChI=1S/C63H117NO5/c1-3-5-7-9-11-13-15-17-19-21-25-29-33-37-41-45-49-53-57-63(68)69-58-54-50-46-42-38-34-30-26-22-24-28-32-36-40-44-48-52-56-62(67)64-60(59-65)61(66)55-51-47-43-39-35-31-27-23-20-18-16-14-12-10-8-6-4-2/h13,15,19,21-22,26,34,38,60-61,65-66H,3-12,14,16-18,20,23-25,27-33,35-37,39-59H2,1-2H3,(H,64,67)/b15-13-,21-19-,26-22-,38-34-. The van der Waals surface area contributed by atoms with Crippen LogP contribution in [-0.2, 0) is 14.3 Å². The zero-order chi connectivity index (χ0) is 50.0. The summed E-state index contributed by atoms with van der Waals surface area (Å²) in [7, 11) is 0. The highest BCUT2D eigenvalue weighted by molar-refractivity contribution is 5.76. The molecule has 0 saturated heterocycles. The molecule has 0 aromatic heterocycles. The highest BCUT2D eigenvalue weighted by atomic mass is 16.5. The molecule has 0 rings (SSSR count). The minimum atomic E-state index is -0.676. The smallest absolute Gasteiger partial charge is 0.305 e. The third-order valence-electron chi connectivity index (χ3n) is 13.9. The molecule has 2 atom stereocenters. The van der Waals surface area contributed by atoms with E-state index in [0.29, 0.717) is 25.9 Å². The van der Waals surface area contributed by atoms with Gasteiger partial charge in [0.05, 0.1) is 25.4 Å². The van der Waals surface area contributed by atoms with Crippen molar-refractivity contribution in [2.45, 2.75) is 328 Å². The van der Waals surface area contributed by atoms with Crippen LogP contribution >= 0.6 is 0 Å². The maximum atomic E-state index is 12.5. The lowest BCUT2D eigenvalue weighted by Crippen LogP contribution is -2.45. The number of allylic oxidation sites excluding steroid dienone is 8. The van der Waals surface area contributed by atoms with Crippen LogP contribution in [0.5, 0.6) is 0 Å². The number of carbonyl (C=O) groups excluding carboxylic acids is 2. The van der Waals surface area contributed by atoms with Gasteiger partial charge in [0.1, 0.15) is 0 Å². The van der Waals surface area contributed by atoms with Crippen molar-refractivity contribution in [2.75, 3.05) is 13.2 Å². The van der Waals surface area contributed by atoms with Gasteiger partial charge < -0.3 is 20.3 Å². The van der Waals surface area contributed by atoms with Gasteiger partial charge in [-0.3, -0.25) is 9.59 Å². The van der Waals surface area contributed by atoms with Crippen LogP contribution < -0.4 is 5.32 Å². The van der Waals surface area contributed by atoms with Crippen molar-refractivity contribution < 1.29 is 24.5 Å². The molecule has 0 heterocycles. The molecule has 1 amide bonds. The van der Waals surface area contributed by atoms with E-state index in [1.807, 2.05) is 0 Å². The number of hydrogen-bond donors (Lipinski definition) is 3. The molecule has 0 fully saturated rings. The molecular formula is C63H117NO5. The van der Waals surface area contributed by atoms with E-state index in [9.17, 15) is 19.8 Å². The topological polar surface area (TPSA) is 95.9 Å². The summed E-state index contributed by atoms with van der Waals surface area (Å²) in [5.41, 5.74) is 0. The van der Waals surface area contributed by atoms with E-state index in [1.54, 1.807) is 0 Å². The number of nitrogens with one attached hydrogen (secondary N) is 1. The van der Waals surface area contributed by atoms with Gasteiger partial charge in [-0.1, -0.05) is 255 Å². The molecule has 0 bridgehead atoms. The number of amides is 1. The molecule has 0 radical (unpaired) electrons. The van der Waals surface area contributed by atoms with Crippen molar-refractivity contribution in [3.05, 3.63) is 48.6 Å². The summed E-state index contributed by atoms with van der Waals surface area (Å²) in [6.07, 6.45) is 73.9. The molecule has 6 nitrogen and oxygen atoms in total. The fourth-order valence-corrected chi connectivity index (χ4v) is 9.17. The van der Waals surface area contributed by atoms with Crippen LogP contribution in [0.1, 0.15) is 316 Å². The Bertz CT molecular complexity index is 1160. The lowest BCUT2D eigenvalue weighted by Gasteiger charge is -2.22. The van der Waals surface area contributed by atoms with Gasteiger partial charge in [0, 0.05) is 12.8 Å². The molecular weight excluding hydrogens is 851 g/mol. The van der Waals surface area contributed by atoms with Crippen LogP contribution in [0.25, 0.3) is 0 Å². The van der Waals surface area contributed by atoms with E-state index >= 15 is 0 Å². The van der Waals surface area contributed by atoms with Gasteiger partial charge >= 0.3 is 5.97 Å². The Hall–Kier alpha value is -2.18. The molecule has 0 aliphatic rings. The highest BCUT2D eigenvalue weighted by Gasteiger charge is 2.20. The normalized spacial score (nSPS) is 12.9. The molecule has 0 aliphatic carbocycles. The lowest BCUT2D eigenvalue weighted by atomic mass is 10.0. The maximum Gasteiger partial charge on any atom is 0.305 e. The highest BCUT2D eigenvalue weighted by Crippen LogP contribution is 2.17. The van der Waals surface area contributed by atoms with Crippen LogP contribution in [0.3, 0.4) is 0 Å². The second-order valence-electron chi connectivity index (χ2n) is 20.7. The lowest BCUT2D eigenvalue weighted by molar-refractivity contribution is -0.143. The van der Waals surface area contributed by atoms with E-state index in [2.05, 4.69) is 67.8 Å². The average molecular weight is 969 g/mol. The Morgan fingerprint density at radius 3 is 1.12 bits per heavy atom. The average Bonchev–Trinajstić information content (AvgIpc) is 3.35. The Balaban J connectivity index is 3.50. The molecule has 2 unspecified atom stereocenters. The third kappa shape index (κ3) is 55.0. The Morgan fingerprint density at radius 1 is 0.406 bits per heavy atom. The van der Waals surface area contributed by atoms with Crippen molar-refractivity contribution >= 4 is 11.9 Å². The molecule has 0 aromatic rings. The molecule has 69 heavy (non-hydrogen) atoms. The molecule has 404 valence electrons. The van der Waals surface area contributed by atoms with Gasteiger partial charge in [0.2, 0.25) is 5.91 Å². The maximum absolute atomic E-state index is 12.5. The van der Waals surface area contributed by atoms with Crippen LogP contribution in [0, 0.1) is 0 Å². The summed E-state index contributed by atoms with van der Waals surface area (Å²) < 4.78 is 5.46. The number of ether oxygens (including phenoxy) is 1. The number of aliphatic hydroxyl groups is 2. The van der Waals surface area contributed by atoms with Crippen molar-refractivity contribution in [3.63, 3.8) is 0 Å². The Labute approximate surface area is 429 Å². The first kappa shape index (κ1) is 66.8. The fraction of sp³-hybridized carbons (Fsp3) is 0.841. The summed E-state index contributed by atoms with van der Waals surface area (Å²) in [4.78, 5) is 24.6. The van der Waals surface area contributed by atoms with E-state index < -0.39 is 12.1 Å². The number of hydrogen-bond acceptors (Lipinski definition) is 5. The van der Waals surface area contributed by atoms with Crippen molar-refractivity contribution in [3.8, 4) is 0 Å². The monoisotopic (exact) mass is 968 g/mol. The predicted molar refractivity (Wildman–Crippen MR) is 301 cm³/mol. The first-order valence-electron chi connectivity index (χ1n) is 30.4. The number of unbranched alkanes of at least 4 members (excludes halogenated alkanes) is 37. The molecule has 3 N–H and O–H groups in total. The van der Waals surface area contributed by atoms with Crippen LogP contribution in [-0.4, -0.2) is 47.4 Å². The SMILES string of the molecule is CCCCCC/C=C\C/C=C\CCCCCCCCCC(=O)OCCCCC/C=C\C/C=C\CCCCCCCCCC(=O)NC(CO)C(O)CCCCCCCCCCCCCCCCCCC. The Morgan fingerprint density at radius 2 is 0.725 bits per heavy atom. The number of rotatable bonds is 56.